The number of benzene rings is 2. The van der Waals surface area contributed by atoms with Crippen LogP contribution in [0.3, 0.4) is 0 Å². The molecular weight excluding hydrogens is 416 g/mol. The third kappa shape index (κ3) is 6.49. The van der Waals surface area contributed by atoms with Crippen molar-refractivity contribution in [1.82, 2.24) is 9.88 Å². The lowest BCUT2D eigenvalue weighted by Gasteiger charge is -2.26. The molecule has 1 aromatic heterocycles. The van der Waals surface area contributed by atoms with Crippen LogP contribution >= 0.6 is 0 Å². The molecule has 1 fully saturated rings. The zero-order chi connectivity index (χ0) is 23.0. The topological polar surface area (TPSA) is 54.2 Å². The predicted molar refractivity (Wildman–Crippen MR) is 131 cm³/mol. The molecule has 0 amide bonds. The first kappa shape index (κ1) is 23.1. The summed E-state index contributed by atoms with van der Waals surface area (Å²) in [5.41, 5.74) is 4.50. The Morgan fingerprint density at radius 3 is 2.45 bits per heavy atom. The fourth-order valence-electron chi connectivity index (χ4n) is 3.99. The van der Waals surface area contributed by atoms with Crippen molar-refractivity contribution in [3.8, 4) is 5.75 Å². The second-order valence-electron chi connectivity index (χ2n) is 8.60. The Balaban J connectivity index is 1.51. The minimum atomic E-state index is 0.644. The van der Waals surface area contributed by atoms with Gasteiger partial charge in [0, 0.05) is 58.9 Å². The van der Waals surface area contributed by atoms with Gasteiger partial charge in [-0.25, -0.2) is 0 Å². The Morgan fingerprint density at radius 1 is 1.00 bits per heavy atom. The van der Waals surface area contributed by atoms with E-state index in [0.29, 0.717) is 19.1 Å². The maximum atomic E-state index is 5.98. The van der Waals surface area contributed by atoms with Crippen LogP contribution in [0.2, 0.25) is 0 Å². The van der Waals surface area contributed by atoms with Gasteiger partial charge in [-0.2, -0.15) is 4.98 Å². The molecule has 1 aliphatic rings. The molecule has 33 heavy (non-hydrogen) atoms. The van der Waals surface area contributed by atoms with Gasteiger partial charge in [-0.3, -0.25) is 4.90 Å². The molecule has 0 saturated carbocycles. The second kappa shape index (κ2) is 11.2. The first-order valence-corrected chi connectivity index (χ1v) is 11.5. The largest absolute Gasteiger partial charge is 0.497 e. The summed E-state index contributed by atoms with van der Waals surface area (Å²) in [6.07, 6.45) is 2.66. The van der Waals surface area contributed by atoms with Crippen molar-refractivity contribution in [1.29, 1.82) is 0 Å². The molecule has 1 aliphatic heterocycles. The van der Waals surface area contributed by atoms with Gasteiger partial charge in [0.15, 0.2) is 0 Å². The molecular formula is C26H34N4O3. The van der Waals surface area contributed by atoms with Gasteiger partial charge in [0.1, 0.15) is 12.0 Å². The SMILES string of the molecule is COc1cccc(CN(Cc2cccc(N(C)C)c2)c2nc(CCN3CCOCC3)co2)c1. The van der Waals surface area contributed by atoms with Crippen LogP contribution in [0.5, 0.6) is 5.75 Å². The van der Waals surface area contributed by atoms with Crippen molar-refractivity contribution in [2.24, 2.45) is 0 Å². The van der Waals surface area contributed by atoms with E-state index in [0.717, 1.165) is 56.3 Å². The molecule has 7 heteroatoms. The van der Waals surface area contributed by atoms with Crippen LogP contribution in [0.4, 0.5) is 11.7 Å². The minimum absolute atomic E-state index is 0.644. The molecule has 1 saturated heterocycles. The molecule has 0 spiro atoms. The van der Waals surface area contributed by atoms with Gasteiger partial charge in [0.05, 0.1) is 26.0 Å². The summed E-state index contributed by atoms with van der Waals surface area (Å²) in [5, 5.41) is 0. The smallest absolute Gasteiger partial charge is 0.298 e. The number of morpholine rings is 1. The molecule has 4 rings (SSSR count). The summed E-state index contributed by atoms with van der Waals surface area (Å²) < 4.78 is 16.8. The lowest BCUT2D eigenvalue weighted by atomic mass is 10.1. The van der Waals surface area contributed by atoms with E-state index in [9.17, 15) is 0 Å². The predicted octanol–water partition coefficient (Wildman–Crippen LogP) is 3.83. The van der Waals surface area contributed by atoms with Crippen molar-refractivity contribution in [3.63, 3.8) is 0 Å². The molecule has 2 heterocycles. The lowest BCUT2D eigenvalue weighted by Crippen LogP contribution is -2.37. The highest BCUT2D eigenvalue weighted by Gasteiger charge is 2.17. The highest BCUT2D eigenvalue weighted by atomic mass is 16.5. The summed E-state index contributed by atoms with van der Waals surface area (Å²) in [7, 11) is 5.81. The number of aromatic nitrogens is 1. The van der Waals surface area contributed by atoms with E-state index in [1.807, 2.05) is 12.1 Å². The van der Waals surface area contributed by atoms with Crippen molar-refractivity contribution < 1.29 is 13.9 Å². The number of anilines is 2. The van der Waals surface area contributed by atoms with E-state index in [1.54, 1.807) is 13.4 Å². The van der Waals surface area contributed by atoms with Crippen molar-refractivity contribution in [3.05, 3.63) is 71.6 Å². The first-order valence-electron chi connectivity index (χ1n) is 11.5. The molecule has 0 bridgehead atoms. The summed E-state index contributed by atoms with van der Waals surface area (Å²) in [6, 6.07) is 17.4. The fraction of sp³-hybridized carbons (Fsp3) is 0.423. The van der Waals surface area contributed by atoms with Crippen molar-refractivity contribution in [2.45, 2.75) is 19.5 Å². The molecule has 0 aliphatic carbocycles. The Labute approximate surface area is 196 Å². The van der Waals surface area contributed by atoms with E-state index in [-0.39, 0.29) is 0 Å². The summed E-state index contributed by atoms with van der Waals surface area (Å²) in [6.45, 7) is 5.92. The monoisotopic (exact) mass is 450 g/mol. The van der Waals surface area contributed by atoms with Crippen LogP contribution < -0.4 is 14.5 Å². The Morgan fingerprint density at radius 2 is 1.73 bits per heavy atom. The van der Waals surface area contributed by atoms with Crippen LogP contribution in [0.1, 0.15) is 16.8 Å². The maximum Gasteiger partial charge on any atom is 0.298 e. The van der Waals surface area contributed by atoms with Crippen LogP contribution in [-0.4, -0.2) is 63.9 Å². The van der Waals surface area contributed by atoms with Gasteiger partial charge < -0.3 is 23.7 Å². The van der Waals surface area contributed by atoms with Crippen molar-refractivity contribution >= 4 is 11.7 Å². The number of oxazole rings is 1. The Kier molecular flexibility index (Phi) is 7.86. The third-order valence-corrected chi connectivity index (χ3v) is 5.91. The van der Waals surface area contributed by atoms with E-state index < -0.39 is 0 Å². The van der Waals surface area contributed by atoms with Gasteiger partial charge in [0.25, 0.3) is 6.01 Å². The molecule has 0 atom stereocenters. The van der Waals surface area contributed by atoms with Gasteiger partial charge in [-0.15, -0.1) is 0 Å². The van der Waals surface area contributed by atoms with Gasteiger partial charge in [0.2, 0.25) is 0 Å². The second-order valence-corrected chi connectivity index (χ2v) is 8.60. The van der Waals surface area contributed by atoms with Crippen LogP contribution in [-0.2, 0) is 24.2 Å². The molecule has 3 aromatic rings. The molecule has 176 valence electrons. The van der Waals surface area contributed by atoms with Gasteiger partial charge in [-0.1, -0.05) is 24.3 Å². The highest BCUT2D eigenvalue weighted by Crippen LogP contribution is 2.23. The molecule has 7 nitrogen and oxygen atoms in total. The maximum absolute atomic E-state index is 5.98. The van der Waals surface area contributed by atoms with Crippen LogP contribution in [0.25, 0.3) is 0 Å². The first-order chi connectivity index (χ1) is 16.1. The number of rotatable bonds is 10. The number of hydrogen-bond acceptors (Lipinski definition) is 7. The van der Waals surface area contributed by atoms with Gasteiger partial charge in [-0.05, 0) is 35.4 Å². The third-order valence-electron chi connectivity index (χ3n) is 5.91. The summed E-state index contributed by atoms with van der Waals surface area (Å²) >= 11 is 0. The number of ether oxygens (including phenoxy) is 2. The lowest BCUT2D eigenvalue weighted by molar-refractivity contribution is 0.0383. The zero-order valence-electron chi connectivity index (χ0n) is 19.9. The molecule has 0 radical (unpaired) electrons. The summed E-state index contributed by atoms with van der Waals surface area (Å²) in [4.78, 5) is 11.6. The minimum Gasteiger partial charge on any atom is -0.497 e. The standard InChI is InChI=1S/C26H34N4O3/c1-28(2)24-8-4-6-21(16-24)18-30(19-22-7-5-9-25(17-22)31-3)26-27-23(20-33-26)10-11-29-12-14-32-15-13-29/h4-9,16-17,20H,10-15,18-19H2,1-3H3. The Bertz CT molecular complexity index is 1010. The van der Waals surface area contributed by atoms with Crippen LogP contribution in [0, 0.1) is 0 Å². The van der Waals surface area contributed by atoms with E-state index in [2.05, 4.69) is 65.2 Å². The van der Waals surface area contributed by atoms with Gasteiger partial charge >= 0.3 is 0 Å². The van der Waals surface area contributed by atoms with Crippen molar-refractivity contribution in [2.75, 3.05) is 63.9 Å². The number of nitrogens with zero attached hydrogens (tertiary/aromatic N) is 4. The van der Waals surface area contributed by atoms with Crippen LogP contribution in [0.15, 0.2) is 59.2 Å². The fourth-order valence-corrected chi connectivity index (χ4v) is 3.99. The number of hydrogen-bond donors (Lipinski definition) is 0. The quantitative estimate of drug-likeness (QED) is 0.465. The zero-order valence-corrected chi connectivity index (χ0v) is 19.9. The molecule has 2 aromatic carbocycles. The molecule has 0 unspecified atom stereocenters. The van der Waals surface area contributed by atoms with E-state index in [1.165, 1.54) is 11.3 Å². The average molecular weight is 451 g/mol. The molecule has 0 N–H and O–H groups in total. The Hall–Kier alpha value is -3.03. The number of methoxy groups -OCH3 is 1. The van der Waals surface area contributed by atoms with E-state index in [4.69, 9.17) is 18.9 Å². The highest BCUT2D eigenvalue weighted by molar-refractivity contribution is 5.48. The normalized spacial score (nSPS) is 14.3. The van der Waals surface area contributed by atoms with E-state index >= 15 is 0 Å². The summed E-state index contributed by atoms with van der Waals surface area (Å²) in [5.74, 6) is 0.848. The average Bonchev–Trinajstić information content (AvgIpc) is 3.32.